The van der Waals surface area contributed by atoms with E-state index in [0.29, 0.717) is 40.7 Å². The number of H-pyrrole nitrogens is 2. The molecule has 0 spiro atoms. The molecule has 10 heteroatoms. The highest BCUT2D eigenvalue weighted by atomic mass is 19.1. The van der Waals surface area contributed by atoms with Crippen LogP contribution in [-0.4, -0.2) is 67.3 Å². The molecule has 9 nitrogen and oxygen atoms in total. The SMILES string of the molecule is CN(C)CCOc1cncc(-c2cnc3[nH]nc(-c4nc5c(-c6ccc(F)cc6)ccnc5[nH]4)c3c2)c1. The molecule has 6 rings (SSSR count). The zero-order chi connectivity index (χ0) is 25.4. The first-order valence-electron chi connectivity index (χ1n) is 11.7. The molecule has 0 saturated carbocycles. The van der Waals surface area contributed by atoms with Gasteiger partial charge in [0.2, 0.25) is 0 Å². The summed E-state index contributed by atoms with van der Waals surface area (Å²) in [4.78, 5) is 23.5. The number of rotatable bonds is 7. The third-order valence-electron chi connectivity index (χ3n) is 6.03. The number of pyridine rings is 3. The number of likely N-dealkylation sites (N-methyl/N-ethyl adjacent to an activating group) is 1. The van der Waals surface area contributed by atoms with E-state index < -0.39 is 0 Å². The van der Waals surface area contributed by atoms with Crippen molar-refractivity contribution in [2.24, 2.45) is 0 Å². The average Bonchev–Trinajstić information content (AvgIpc) is 3.53. The second-order valence-electron chi connectivity index (χ2n) is 8.90. The Hall–Kier alpha value is -4.70. The standard InChI is InChI=1S/C27H23FN8O/c1-36(2)9-10-37-20-11-17(13-29-15-20)18-12-22-24(34-35-25(22)31-14-18)27-32-23-21(7-8-30-26(23)33-27)16-3-5-19(28)6-4-16/h3-8,11-15H,9-10H2,1-2H3,(H,30,32,33)(H,31,34,35). The topological polar surface area (TPSA) is 108 Å². The third-order valence-corrected chi connectivity index (χ3v) is 6.03. The van der Waals surface area contributed by atoms with Crippen molar-refractivity contribution >= 4 is 22.2 Å². The van der Waals surface area contributed by atoms with Gasteiger partial charge in [0.15, 0.2) is 17.1 Å². The van der Waals surface area contributed by atoms with Crippen LogP contribution in [0.5, 0.6) is 5.75 Å². The number of halogens is 1. The van der Waals surface area contributed by atoms with Crippen molar-refractivity contribution in [3.63, 3.8) is 0 Å². The first kappa shape index (κ1) is 22.7. The number of hydrogen-bond acceptors (Lipinski definition) is 7. The molecule has 37 heavy (non-hydrogen) atoms. The molecule has 2 N–H and O–H groups in total. The summed E-state index contributed by atoms with van der Waals surface area (Å²) >= 11 is 0. The summed E-state index contributed by atoms with van der Waals surface area (Å²) in [6.45, 7) is 1.38. The van der Waals surface area contributed by atoms with E-state index in [2.05, 4.69) is 35.0 Å². The van der Waals surface area contributed by atoms with Gasteiger partial charge in [-0.25, -0.2) is 19.3 Å². The van der Waals surface area contributed by atoms with Crippen LogP contribution < -0.4 is 4.74 Å². The Labute approximate surface area is 211 Å². The Morgan fingerprint density at radius 1 is 0.919 bits per heavy atom. The van der Waals surface area contributed by atoms with Crippen molar-refractivity contribution in [3.05, 3.63) is 73.1 Å². The van der Waals surface area contributed by atoms with Crippen molar-refractivity contribution in [1.29, 1.82) is 0 Å². The van der Waals surface area contributed by atoms with Crippen LogP contribution >= 0.6 is 0 Å². The van der Waals surface area contributed by atoms with Gasteiger partial charge in [-0.2, -0.15) is 5.10 Å². The molecule has 0 atom stereocenters. The number of nitrogens with zero attached hydrogens (tertiary/aromatic N) is 6. The minimum atomic E-state index is -0.288. The van der Waals surface area contributed by atoms with Crippen LogP contribution in [0.1, 0.15) is 0 Å². The number of aromatic nitrogens is 7. The highest BCUT2D eigenvalue weighted by molar-refractivity contribution is 5.96. The Kier molecular flexibility index (Phi) is 5.78. The van der Waals surface area contributed by atoms with E-state index in [0.717, 1.165) is 34.2 Å². The smallest absolute Gasteiger partial charge is 0.161 e. The predicted molar refractivity (Wildman–Crippen MR) is 139 cm³/mol. The van der Waals surface area contributed by atoms with E-state index in [1.807, 2.05) is 32.3 Å². The largest absolute Gasteiger partial charge is 0.491 e. The first-order chi connectivity index (χ1) is 18.0. The zero-order valence-corrected chi connectivity index (χ0v) is 20.2. The van der Waals surface area contributed by atoms with Crippen LogP contribution in [0.3, 0.4) is 0 Å². The van der Waals surface area contributed by atoms with Crippen LogP contribution in [-0.2, 0) is 0 Å². The quantitative estimate of drug-likeness (QED) is 0.331. The van der Waals surface area contributed by atoms with Crippen molar-refractivity contribution < 1.29 is 9.13 Å². The first-order valence-corrected chi connectivity index (χ1v) is 11.7. The van der Waals surface area contributed by atoms with Crippen molar-refractivity contribution in [2.45, 2.75) is 0 Å². The summed E-state index contributed by atoms with van der Waals surface area (Å²) < 4.78 is 19.3. The Balaban J connectivity index is 1.37. The van der Waals surface area contributed by atoms with Crippen molar-refractivity contribution in [3.8, 4) is 39.5 Å². The number of hydrogen-bond donors (Lipinski definition) is 2. The van der Waals surface area contributed by atoms with Gasteiger partial charge in [-0.05, 0) is 50.0 Å². The van der Waals surface area contributed by atoms with Crippen LogP contribution in [0.15, 0.2) is 67.3 Å². The molecule has 184 valence electrons. The van der Waals surface area contributed by atoms with E-state index in [1.54, 1.807) is 36.9 Å². The molecule has 0 unspecified atom stereocenters. The van der Waals surface area contributed by atoms with Gasteiger partial charge in [-0.1, -0.05) is 12.1 Å². The minimum Gasteiger partial charge on any atom is -0.491 e. The molecule has 0 aliphatic carbocycles. The Bertz CT molecular complexity index is 1710. The lowest BCUT2D eigenvalue weighted by Crippen LogP contribution is -2.19. The number of imidazole rings is 1. The van der Waals surface area contributed by atoms with Crippen LogP contribution in [0.25, 0.3) is 56.0 Å². The molecule has 0 bridgehead atoms. The summed E-state index contributed by atoms with van der Waals surface area (Å²) in [7, 11) is 4.01. The number of ether oxygens (including phenoxy) is 1. The number of nitrogens with one attached hydrogen (secondary N) is 2. The van der Waals surface area contributed by atoms with E-state index in [1.165, 1.54) is 12.1 Å². The maximum absolute atomic E-state index is 13.5. The highest BCUT2D eigenvalue weighted by Gasteiger charge is 2.17. The summed E-state index contributed by atoms with van der Waals surface area (Å²) in [5.41, 5.74) is 6.01. The van der Waals surface area contributed by atoms with Crippen LogP contribution in [0.4, 0.5) is 4.39 Å². The molecule has 5 heterocycles. The fourth-order valence-corrected chi connectivity index (χ4v) is 4.13. The fourth-order valence-electron chi connectivity index (χ4n) is 4.13. The summed E-state index contributed by atoms with van der Waals surface area (Å²) in [6, 6.07) is 12.1. The Morgan fingerprint density at radius 3 is 2.59 bits per heavy atom. The fraction of sp³-hybridized carbons (Fsp3) is 0.148. The van der Waals surface area contributed by atoms with Crippen molar-refractivity contribution in [1.82, 2.24) is 40.0 Å². The van der Waals surface area contributed by atoms with Gasteiger partial charge < -0.3 is 14.6 Å². The van der Waals surface area contributed by atoms with Gasteiger partial charge in [0.05, 0.1) is 11.6 Å². The van der Waals surface area contributed by atoms with Crippen molar-refractivity contribution in [2.75, 3.05) is 27.2 Å². The molecule has 0 amide bonds. The Morgan fingerprint density at radius 2 is 1.76 bits per heavy atom. The van der Waals surface area contributed by atoms with Crippen LogP contribution in [0, 0.1) is 5.82 Å². The molecule has 6 aromatic rings. The van der Waals surface area contributed by atoms with Gasteiger partial charge in [0.1, 0.15) is 29.4 Å². The summed E-state index contributed by atoms with van der Waals surface area (Å²) in [6.07, 6.45) is 6.96. The summed E-state index contributed by atoms with van der Waals surface area (Å²) in [5.74, 6) is 0.966. The second kappa shape index (κ2) is 9.40. The van der Waals surface area contributed by atoms with Gasteiger partial charge >= 0.3 is 0 Å². The number of benzene rings is 1. The van der Waals surface area contributed by atoms with E-state index in [4.69, 9.17) is 9.72 Å². The lowest BCUT2D eigenvalue weighted by Gasteiger charge is -2.11. The van der Waals surface area contributed by atoms with Crippen LogP contribution in [0.2, 0.25) is 0 Å². The number of fused-ring (bicyclic) bond motifs is 2. The second-order valence-corrected chi connectivity index (χ2v) is 8.90. The monoisotopic (exact) mass is 494 g/mol. The maximum Gasteiger partial charge on any atom is 0.161 e. The number of aromatic amines is 2. The zero-order valence-electron chi connectivity index (χ0n) is 20.2. The molecule has 0 aliphatic rings. The molecular weight excluding hydrogens is 471 g/mol. The minimum absolute atomic E-state index is 0.288. The maximum atomic E-state index is 13.5. The molecule has 0 radical (unpaired) electrons. The van der Waals surface area contributed by atoms with Gasteiger partial charge in [0.25, 0.3) is 0 Å². The van der Waals surface area contributed by atoms with Gasteiger partial charge in [-0.15, -0.1) is 0 Å². The third kappa shape index (κ3) is 4.50. The molecule has 1 aromatic carbocycles. The van der Waals surface area contributed by atoms with Gasteiger partial charge in [0, 0.05) is 41.8 Å². The molecular formula is C27H23FN8O. The predicted octanol–water partition coefficient (Wildman–Crippen LogP) is 4.70. The molecule has 0 saturated heterocycles. The van der Waals surface area contributed by atoms with Gasteiger partial charge in [-0.3, -0.25) is 10.1 Å². The molecule has 0 aliphatic heterocycles. The molecule has 0 fully saturated rings. The highest BCUT2D eigenvalue weighted by Crippen LogP contribution is 2.32. The molecule has 5 aromatic heterocycles. The summed E-state index contributed by atoms with van der Waals surface area (Å²) in [5, 5.41) is 8.27. The lowest BCUT2D eigenvalue weighted by molar-refractivity contribution is 0.261. The van der Waals surface area contributed by atoms with E-state index in [9.17, 15) is 4.39 Å². The van der Waals surface area contributed by atoms with E-state index >= 15 is 0 Å². The average molecular weight is 495 g/mol. The lowest BCUT2D eigenvalue weighted by atomic mass is 10.1. The normalized spacial score (nSPS) is 11.6. The van der Waals surface area contributed by atoms with E-state index in [-0.39, 0.29) is 5.82 Å².